The van der Waals surface area contributed by atoms with E-state index in [1.54, 1.807) is 12.3 Å². The van der Waals surface area contributed by atoms with Gasteiger partial charge in [0.05, 0.1) is 12.2 Å². The molecule has 0 aliphatic rings. The Hall–Kier alpha value is -1.05. The minimum Gasteiger partial charge on any atom is -0.396 e. The molecule has 1 rings (SSSR count). The lowest BCUT2D eigenvalue weighted by molar-refractivity contribution is 0.322. The maximum Gasteiger partial charge on any atom is 0.102 e. The Morgan fingerprint density at radius 3 is 3.17 bits per heavy atom. The number of pyridine rings is 1. The molecule has 4 heteroatoms. The van der Waals surface area contributed by atoms with Crippen molar-refractivity contribution in [2.75, 3.05) is 12.4 Å². The molecule has 0 spiro atoms. The first-order chi connectivity index (χ1) is 5.88. The first-order valence-electron chi connectivity index (χ1n) is 3.46. The first-order valence-corrected chi connectivity index (χ1v) is 4.45. The molecule has 0 atom stereocenters. The summed E-state index contributed by atoms with van der Waals surface area (Å²) in [5, 5.41) is 17.2. The Morgan fingerprint density at radius 2 is 2.50 bits per heavy atom. The zero-order valence-electron chi connectivity index (χ0n) is 6.40. The van der Waals surface area contributed by atoms with Crippen LogP contribution < -0.4 is 0 Å². The second kappa shape index (κ2) is 4.75. The van der Waals surface area contributed by atoms with Gasteiger partial charge in [-0.1, -0.05) is 0 Å². The number of aliphatic hydroxyl groups excluding tert-OH is 1. The van der Waals surface area contributed by atoms with Crippen molar-refractivity contribution in [3.8, 4) is 6.07 Å². The van der Waals surface area contributed by atoms with Gasteiger partial charge >= 0.3 is 0 Å². The predicted octanol–water partition coefficient (Wildman–Crippen LogP) is 1.04. The Balaban J connectivity index is 2.77. The zero-order valence-corrected chi connectivity index (χ0v) is 7.21. The molecule has 62 valence electrons. The van der Waals surface area contributed by atoms with E-state index in [-0.39, 0.29) is 6.61 Å². The molecule has 1 heterocycles. The van der Waals surface area contributed by atoms with Gasteiger partial charge in [-0.25, -0.2) is 0 Å². The third-order valence-electron chi connectivity index (χ3n) is 1.25. The highest BCUT2D eigenvalue weighted by molar-refractivity contribution is 7.99. The fraction of sp³-hybridized carbons (Fsp3) is 0.250. The highest BCUT2D eigenvalue weighted by atomic mass is 32.2. The van der Waals surface area contributed by atoms with Crippen LogP contribution in [0.1, 0.15) is 5.56 Å². The van der Waals surface area contributed by atoms with Gasteiger partial charge in [0.25, 0.3) is 0 Å². The Morgan fingerprint density at radius 1 is 1.67 bits per heavy atom. The van der Waals surface area contributed by atoms with Crippen LogP contribution in [0, 0.1) is 11.3 Å². The smallest absolute Gasteiger partial charge is 0.102 e. The van der Waals surface area contributed by atoms with E-state index in [0.717, 1.165) is 4.90 Å². The van der Waals surface area contributed by atoms with E-state index < -0.39 is 0 Å². The van der Waals surface area contributed by atoms with Gasteiger partial charge in [0, 0.05) is 23.0 Å². The molecule has 1 aromatic rings. The van der Waals surface area contributed by atoms with Crippen LogP contribution in [0.2, 0.25) is 0 Å². The molecule has 0 radical (unpaired) electrons. The van der Waals surface area contributed by atoms with E-state index in [9.17, 15) is 0 Å². The Kier molecular flexibility index (Phi) is 3.58. The molecule has 0 amide bonds. The summed E-state index contributed by atoms with van der Waals surface area (Å²) in [5.41, 5.74) is 0.566. The van der Waals surface area contributed by atoms with Crippen LogP contribution in [0.25, 0.3) is 0 Å². The van der Waals surface area contributed by atoms with Crippen LogP contribution in [0.15, 0.2) is 23.4 Å². The van der Waals surface area contributed by atoms with Crippen molar-refractivity contribution in [3.63, 3.8) is 0 Å². The van der Waals surface area contributed by atoms with Crippen LogP contribution in [0.5, 0.6) is 0 Å². The van der Waals surface area contributed by atoms with Crippen molar-refractivity contribution in [1.82, 2.24) is 4.98 Å². The minimum absolute atomic E-state index is 0.123. The van der Waals surface area contributed by atoms with E-state index in [4.69, 9.17) is 10.4 Å². The number of hydrogen-bond acceptors (Lipinski definition) is 4. The normalized spacial score (nSPS) is 9.33. The summed E-state index contributed by atoms with van der Waals surface area (Å²) in [6.07, 6.45) is 3.17. The van der Waals surface area contributed by atoms with Gasteiger partial charge in [-0.3, -0.25) is 4.98 Å². The van der Waals surface area contributed by atoms with Crippen LogP contribution in [0.4, 0.5) is 0 Å². The van der Waals surface area contributed by atoms with Gasteiger partial charge in [-0.15, -0.1) is 11.8 Å². The second-order valence-corrected chi connectivity index (χ2v) is 3.19. The molecule has 3 nitrogen and oxygen atoms in total. The second-order valence-electron chi connectivity index (χ2n) is 2.06. The highest BCUT2D eigenvalue weighted by Crippen LogP contribution is 2.20. The summed E-state index contributed by atoms with van der Waals surface area (Å²) in [7, 11) is 0. The number of aromatic nitrogens is 1. The van der Waals surface area contributed by atoms with Gasteiger partial charge in [0.1, 0.15) is 6.07 Å². The van der Waals surface area contributed by atoms with Crippen LogP contribution in [0.3, 0.4) is 0 Å². The maximum atomic E-state index is 8.65. The van der Waals surface area contributed by atoms with Gasteiger partial charge in [-0.05, 0) is 6.07 Å². The molecule has 0 saturated heterocycles. The standard InChI is InChI=1S/C8H8N2OS/c9-5-7-6-10-2-1-8(7)12-4-3-11/h1-2,6,11H,3-4H2. The van der Waals surface area contributed by atoms with E-state index in [1.807, 2.05) is 6.07 Å². The van der Waals surface area contributed by atoms with Gasteiger partial charge in [0.2, 0.25) is 0 Å². The molecule has 12 heavy (non-hydrogen) atoms. The van der Waals surface area contributed by atoms with Crippen molar-refractivity contribution in [1.29, 1.82) is 5.26 Å². The molecular formula is C8H8N2OS. The van der Waals surface area contributed by atoms with Gasteiger partial charge in [-0.2, -0.15) is 5.26 Å². The fourth-order valence-electron chi connectivity index (χ4n) is 0.747. The zero-order chi connectivity index (χ0) is 8.81. The molecule has 0 bridgehead atoms. The summed E-state index contributed by atoms with van der Waals surface area (Å²) in [5.74, 6) is 0.610. The molecular weight excluding hydrogens is 172 g/mol. The molecule has 0 fully saturated rings. The summed E-state index contributed by atoms with van der Waals surface area (Å²) < 4.78 is 0. The topological polar surface area (TPSA) is 56.9 Å². The van der Waals surface area contributed by atoms with Crippen molar-refractivity contribution >= 4 is 11.8 Å². The number of nitrogens with zero attached hydrogens (tertiary/aromatic N) is 2. The Bertz CT molecular complexity index is 295. The lowest BCUT2D eigenvalue weighted by Gasteiger charge is -1.99. The van der Waals surface area contributed by atoms with Crippen molar-refractivity contribution in [2.45, 2.75) is 4.90 Å². The number of hydrogen-bond donors (Lipinski definition) is 1. The average molecular weight is 180 g/mol. The molecule has 1 N–H and O–H groups in total. The Labute approximate surface area is 75.1 Å². The third kappa shape index (κ3) is 2.22. The number of nitriles is 1. The minimum atomic E-state index is 0.123. The van der Waals surface area contributed by atoms with Gasteiger partial charge in [0.15, 0.2) is 0 Å². The molecule has 0 aromatic carbocycles. The van der Waals surface area contributed by atoms with Crippen molar-refractivity contribution in [3.05, 3.63) is 24.0 Å². The quantitative estimate of drug-likeness (QED) is 0.706. The van der Waals surface area contributed by atoms with E-state index >= 15 is 0 Å². The molecule has 0 saturated carbocycles. The summed E-state index contributed by atoms with van der Waals surface area (Å²) in [4.78, 5) is 4.70. The fourth-order valence-corrected chi connectivity index (χ4v) is 1.47. The van der Waals surface area contributed by atoms with Crippen LogP contribution >= 0.6 is 11.8 Å². The van der Waals surface area contributed by atoms with E-state index in [1.165, 1.54) is 18.0 Å². The highest BCUT2D eigenvalue weighted by Gasteiger charge is 2.00. The predicted molar refractivity (Wildman–Crippen MR) is 46.8 cm³/mol. The van der Waals surface area contributed by atoms with E-state index in [0.29, 0.717) is 11.3 Å². The van der Waals surface area contributed by atoms with Crippen LogP contribution in [-0.2, 0) is 0 Å². The molecule has 0 aliphatic carbocycles. The SMILES string of the molecule is N#Cc1cnccc1SCCO. The maximum absolute atomic E-state index is 8.65. The molecule has 1 aromatic heterocycles. The molecule has 0 aliphatic heterocycles. The number of rotatable bonds is 3. The lowest BCUT2D eigenvalue weighted by Crippen LogP contribution is -1.88. The largest absolute Gasteiger partial charge is 0.396 e. The summed E-state index contributed by atoms with van der Waals surface area (Å²) in [6.45, 7) is 0.123. The lowest BCUT2D eigenvalue weighted by atomic mass is 10.3. The van der Waals surface area contributed by atoms with Crippen molar-refractivity contribution < 1.29 is 5.11 Å². The van der Waals surface area contributed by atoms with Crippen molar-refractivity contribution in [2.24, 2.45) is 0 Å². The number of thioether (sulfide) groups is 1. The summed E-state index contributed by atoms with van der Waals surface area (Å²) in [6, 6.07) is 3.82. The number of aliphatic hydroxyl groups is 1. The van der Waals surface area contributed by atoms with E-state index in [2.05, 4.69) is 4.98 Å². The van der Waals surface area contributed by atoms with Gasteiger partial charge < -0.3 is 5.11 Å². The third-order valence-corrected chi connectivity index (χ3v) is 2.30. The molecule has 0 unspecified atom stereocenters. The summed E-state index contributed by atoms with van der Waals surface area (Å²) >= 11 is 1.46. The first kappa shape index (κ1) is 9.04. The monoisotopic (exact) mass is 180 g/mol. The average Bonchev–Trinajstić information content (AvgIpc) is 2.15. The van der Waals surface area contributed by atoms with Crippen LogP contribution in [-0.4, -0.2) is 22.5 Å².